The maximum atomic E-state index is 11.9. The van der Waals surface area contributed by atoms with Crippen LogP contribution in [0.1, 0.15) is 44.6 Å². The Labute approximate surface area is 142 Å². The number of rotatable bonds is 5. The summed E-state index contributed by atoms with van der Waals surface area (Å²) in [4.78, 5) is 25.4. The SMILES string of the molecule is CC(=O)N(CCNC(=O)NC1CCCCC1)c1ccccc1C#N. The lowest BCUT2D eigenvalue weighted by atomic mass is 9.96. The minimum absolute atomic E-state index is 0.160. The molecule has 1 aromatic rings. The van der Waals surface area contributed by atoms with Crippen molar-refractivity contribution in [3.63, 3.8) is 0 Å². The molecule has 1 fully saturated rings. The van der Waals surface area contributed by atoms with Gasteiger partial charge in [0.2, 0.25) is 5.91 Å². The number of carbonyl (C=O) groups is 2. The van der Waals surface area contributed by atoms with Crippen LogP contribution in [0.25, 0.3) is 0 Å². The standard InChI is InChI=1S/C18H24N4O2/c1-14(23)22(17-10-6-5-7-15(17)13-19)12-11-20-18(24)21-16-8-3-2-4-9-16/h5-7,10,16H,2-4,8-9,11-12H2,1H3,(H2,20,21,24). The molecule has 6 heteroatoms. The van der Waals surface area contributed by atoms with Gasteiger partial charge in [-0.15, -0.1) is 0 Å². The van der Waals surface area contributed by atoms with E-state index < -0.39 is 0 Å². The van der Waals surface area contributed by atoms with E-state index in [0.29, 0.717) is 24.3 Å². The monoisotopic (exact) mass is 328 g/mol. The Morgan fingerprint density at radius 3 is 2.62 bits per heavy atom. The third-order valence-corrected chi connectivity index (χ3v) is 4.26. The molecule has 1 aromatic carbocycles. The van der Waals surface area contributed by atoms with Gasteiger partial charge in [-0.3, -0.25) is 4.79 Å². The first-order valence-electron chi connectivity index (χ1n) is 8.43. The molecule has 2 N–H and O–H groups in total. The average Bonchev–Trinajstić information content (AvgIpc) is 2.59. The van der Waals surface area contributed by atoms with Crippen LogP contribution in [-0.2, 0) is 4.79 Å². The van der Waals surface area contributed by atoms with Crippen LogP contribution in [0.4, 0.5) is 10.5 Å². The molecule has 0 aromatic heterocycles. The van der Waals surface area contributed by atoms with Gasteiger partial charge in [-0.1, -0.05) is 31.4 Å². The number of anilines is 1. The quantitative estimate of drug-likeness (QED) is 0.871. The van der Waals surface area contributed by atoms with E-state index in [1.54, 1.807) is 24.3 Å². The van der Waals surface area contributed by atoms with Gasteiger partial charge in [-0.2, -0.15) is 5.26 Å². The number of nitrogens with one attached hydrogen (secondary N) is 2. The summed E-state index contributed by atoms with van der Waals surface area (Å²) in [5, 5.41) is 15.0. The first kappa shape index (κ1) is 17.8. The minimum atomic E-state index is -0.195. The molecule has 1 saturated carbocycles. The zero-order valence-electron chi connectivity index (χ0n) is 14.0. The van der Waals surface area contributed by atoms with Gasteiger partial charge >= 0.3 is 6.03 Å². The summed E-state index contributed by atoms with van der Waals surface area (Å²) in [5.41, 5.74) is 1.02. The Balaban J connectivity index is 1.87. The maximum Gasteiger partial charge on any atom is 0.315 e. The van der Waals surface area contributed by atoms with Crippen molar-refractivity contribution in [2.24, 2.45) is 0 Å². The summed E-state index contributed by atoms with van der Waals surface area (Å²) in [6.45, 7) is 2.11. The Hall–Kier alpha value is -2.55. The van der Waals surface area contributed by atoms with Crippen LogP contribution in [0.5, 0.6) is 0 Å². The largest absolute Gasteiger partial charge is 0.336 e. The van der Waals surface area contributed by atoms with Gasteiger partial charge in [0.25, 0.3) is 0 Å². The second-order valence-electron chi connectivity index (χ2n) is 6.03. The zero-order valence-corrected chi connectivity index (χ0v) is 14.0. The molecule has 6 nitrogen and oxygen atoms in total. The highest BCUT2D eigenvalue weighted by Crippen LogP contribution is 2.19. The molecule has 128 valence electrons. The van der Waals surface area contributed by atoms with Crippen molar-refractivity contribution in [2.45, 2.75) is 45.1 Å². The highest BCUT2D eigenvalue weighted by Gasteiger charge is 2.17. The van der Waals surface area contributed by atoms with Gasteiger partial charge in [0.15, 0.2) is 0 Å². The third kappa shape index (κ3) is 4.98. The molecule has 0 heterocycles. The summed E-state index contributed by atoms with van der Waals surface area (Å²) in [5.74, 6) is -0.160. The van der Waals surface area contributed by atoms with Gasteiger partial charge in [0.1, 0.15) is 6.07 Å². The molecule has 0 spiro atoms. The molecule has 0 aliphatic heterocycles. The van der Waals surface area contributed by atoms with Crippen LogP contribution in [-0.4, -0.2) is 31.1 Å². The lowest BCUT2D eigenvalue weighted by molar-refractivity contribution is -0.116. The molecule has 1 aliphatic carbocycles. The fraction of sp³-hybridized carbons (Fsp3) is 0.500. The van der Waals surface area contributed by atoms with E-state index in [9.17, 15) is 14.9 Å². The number of hydrogen-bond donors (Lipinski definition) is 2. The van der Waals surface area contributed by atoms with Crippen LogP contribution in [0, 0.1) is 11.3 Å². The number of amides is 3. The second-order valence-corrected chi connectivity index (χ2v) is 6.03. The first-order valence-corrected chi connectivity index (χ1v) is 8.43. The normalized spacial score (nSPS) is 14.5. The topological polar surface area (TPSA) is 85.2 Å². The highest BCUT2D eigenvalue weighted by atomic mass is 16.2. The van der Waals surface area contributed by atoms with E-state index in [4.69, 9.17) is 0 Å². The summed E-state index contributed by atoms with van der Waals surface area (Å²) < 4.78 is 0. The van der Waals surface area contributed by atoms with E-state index in [-0.39, 0.29) is 18.0 Å². The number of benzene rings is 1. The predicted octanol–water partition coefficient (Wildman–Crippen LogP) is 2.54. The minimum Gasteiger partial charge on any atom is -0.336 e. The first-order chi connectivity index (χ1) is 11.6. The van der Waals surface area contributed by atoms with Crippen LogP contribution >= 0.6 is 0 Å². The zero-order chi connectivity index (χ0) is 17.4. The molecule has 0 bridgehead atoms. The van der Waals surface area contributed by atoms with E-state index in [1.807, 2.05) is 0 Å². The van der Waals surface area contributed by atoms with Crippen molar-refractivity contribution in [1.29, 1.82) is 5.26 Å². The molecule has 0 radical (unpaired) electrons. The van der Waals surface area contributed by atoms with Gasteiger partial charge in [0.05, 0.1) is 11.3 Å². The summed E-state index contributed by atoms with van der Waals surface area (Å²) >= 11 is 0. The predicted molar refractivity (Wildman–Crippen MR) is 92.6 cm³/mol. The number of nitriles is 1. The van der Waals surface area contributed by atoms with Gasteiger partial charge < -0.3 is 15.5 Å². The number of hydrogen-bond acceptors (Lipinski definition) is 3. The molecule has 0 unspecified atom stereocenters. The Morgan fingerprint density at radius 2 is 1.96 bits per heavy atom. The van der Waals surface area contributed by atoms with Crippen LogP contribution in [0.2, 0.25) is 0 Å². The molecule has 2 rings (SSSR count). The molecule has 0 saturated heterocycles. The van der Waals surface area contributed by atoms with Crippen LogP contribution in [0.3, 0.4) is 0 Å². The van der Waals surface area contributed by atoms with Crippen molar-refractivity contribution in [3.8, 4) is 6.07 Å². The lowest BCUT2D eigenvalue weighted by Gasteiger charge is -2.24. The van der Waals surface area contributed by atoms with E-state index in [1.165, 1.54) is 18.2 Å². The molecule has 24 heavy (non-hydrogen) atoms. The van der Waals surface area contributed by atoms with Crippen molar-refractivity contribution in [3.05, 3.63) is 29.8 Å². The number of carbonyl (C=O) groups excluding carboxylic acids is 2. The summed E-state index contributed by atoms with van der Waals surface area (Å²) in [6, 6.07) is 9.11. The maximum absolute atomic E-state index is 11.9. The van der Waals surface area contributed by atoms with Crippen molar-refractivity contribution in [1.82, 2.24) is 10.6 Å². The van der Waals surface area contributed by atoms with Crippen LogP contribution in [0.15, 0.2) is 24.3 Å². The number of nitrogens with zero attached hydrogens (tertiary/aromatic N) is 2. The van der Waals surface area contributed by atoms with Gasteiger partial charge in [-0.05, 0) is 25.0 Å². The Bertz CT molecular complexity index is 618. The van der Waals surface area contributed by atoms with E-state index >= 15 is 0 Å². The third-order valence-electron chi connectivity index (χ3n) is 4.26. The number of para-hydroxylation sites is 1. The molecule has 1 aliphatic rings. The molecule has 0 atom stereocenters. The van der Waals surface area contributed by atoms with Crippen molar-refractivity contribution >= 4 is 17.6 Å². The molecular weight excluding hydrogens is 304 g/mol. The number of urea groups is 1. The van der Waals surface area contributed by atoms with Gasteiger partial charge in [-0.25, -0.2) is 4.79 Å². The van der Waals surface area contributed by atoms with Gasteiger partial charge in [0, 0.05) is 26.1 Å². The molecular formula is C18H24N4O2. The van der Waals surface area contributed by atoms with Crippen molar-refractivity contribution in [2.75, 3.05) is 18.0 Å². The average molecular weight is 328 g/mol. The Morgan fingerprint density at radius 1 is 1.25 bits per heavy atom. The van der Waals surface area contributed by atoms with E-state index in [0.717, 1.165) is 25.7 Å². The lowest BCUT2D eigenvalue weighted by Crippen LogP contribution is -2.45. The Kier molecular flexibility index (Phi) is 6.62. The molecule has 3 amide bonds. The van der Waals surface area contributed by atoms with Crippen LogP contribution < -0.4 is 15.5 Å². The fourth-order valence-corrected chi connectivity index (χ4v) is 3.02. The fourth-order valence-electron chi connectivity index (χ4n) is 3.02. The highest BCUT2D eigenvalue weighted by molar-refractivity contribution is 5.93. The smallest absolute Gasteiger partial charge is 0.315 e. The second kappa shape index (κ2) is 8.92. The summed E-state index contributed by atoms with van der Waals surface area (Å²) in [7, 11) is 0. The van der Waals surface area contributed by atoms with Crippen molar-refractivity contribution < 1.29 is 9.59 Å². The summed E-state index contributed by atoms with van der Waals surface area (Å²) in [6.07, 6.45) is 5.62. The van der Waals surface area contributed by atoms with E-state index in [2.05, 4.69) is 16.7 Å².